The molecule has 138 valence electrons. The Hall–Kier alpha value is -2.42. The maximum absolute atomic E-state index is 14.0. The Morgan fingerprint density at radius 1 is 1.35 bits per heavy atom. The van der Waals surface area contributed by atoms with Crippen LogP contribution in [0.3, 0.4) is 0 Å². The maximum atomic E-state index is 14.0. The molecule has 0 aliphatic carbocycles. The van der Waals surface area contributed by atoms with Crippen LogP contribution in [0.1, 0.15) is 33.3 Å². The molecule has 2 aliphatic rings. The van der Waals surface area contributed by atoms with E-state index in [9.17, 15) is 18.8 Å². The van der Waals surface area contributed by atoms with Gasteiger partial charge in [0.2, 0.25) is 16.7 Å². The average molecular weight is 378 g/mol. The number of fused-ring (bicyclic) bond motifs is 2. The van der Waals surface area contributed by atoms with Crippen molar-refractivity contribution >= 4 is 40.3 Å². The summed E-state index contributed by atoms with van der Waals surface area (Å²) in [5.74, 6) is -1.58. The maximum Gasteiger partial charge on any atom is 0.270 e. The van der Waals surface area contributed by atoms with Gasteiger partial charge in [-0.1, -0.05) is 13.8 Å². The lowest BCUT2D eigenvalue weighted by molar-refractivity contribution is -0.139. The second kappa shape index (κ2) is 6.39. The van der Waals surface area contributed by atoms with Gasteiger partial charge in [-0.15, -0.1) is 5.10 Å². The predicted molar refractivity (Wildman–Crippen MR) is 96.6 cm³/mol. The van der Waals surface area contributed by atoms with Crippen LogP contribution >= 0.6 is 11.8 Å². The first-order valence-electron chi connectivity index (χ1n) is 8.14. The molecule has 1 atom stereocenters. The summed E-state index contributed by atoms with van der Waals surface area (Å²) >= 11 is 0.941. The number of hydrogen-bond donors (Lipinski definition) is 1. The average Bonchev–Trinajstić information content (AvgIpc) is 3.00. The summed E-state index contributed by atoms with van der Waals surface area (Å²) in [4.78, 5) is 37.0. The molecule has 0 saturated heterocycles. The number of carbonyl (C=O) groups excluding carboxylic acids is 3. The van der Waals surface area contributed by atoms with Crippen molar-refractivity contribution in [1.82, 2.24) is 10.3 Å². The summed E-state index contributed by atoms with van der Waals surface area (Å²) < 4.78 is 14.0. The molecule has 0 bridgehead atoms. The van der Waals surface area contributed by atoms with Crippen LogP contribution in [0.4, 0.5) is 10.1 Å². The molecule has 0 fully saturated rings. The molecule has 0 radical (unpaired) electrons. The fourth-order valence-corrected chi connectivity index (χ4v) is 4.45. The Morgan fingerprint density at radius 3 is 2.62 bits per heavy atom. The van der Waals surface area contributed by atoms with E-state index in [2.05, 4.69) is 10.4 Å². The van der Waals surface area contributed by atoms with Gasteiger partial charge in [0.05, 0.1) is 5.69 Å². The number of nitrogens with one attached hydrogen (secondary N) is 1. The van der Waals surface area contributed by atoms with Gasteiger partial charge in [0.15, 0.2) is 5.17 Å². The molecule has 2 heterocycles. The zero-order valence-corrected chi connectivity index (χ0v) is 15.7. The highest BCUT2D eigenvalue weighted by molar-refractivity contribution is 8.15. The van der Waals surface area contributed by atoms with Gasteiger partial charge in [0.25, 0.3) is 5.91 Å². The van der Waals surface area contributed by atoms with Crippen LogP contribution in [0.5, 0.6) is 0 Å². The summed E-state index contributed by atoms with van der Waals surface area (Å²) in [6.07, 6.45) is 0. The van der Waals surface area contributed by atoms with Gasteiger partial charge < -0.3 is 10.2 Å². The van der Waals surface area contributed by atoms with Crippen LogP contribution in [-0.4, -0.2) is 34.4 Å². The second-order valence-electron chi connectivity index (χ2n) is 6.63. The number of amides is 3. The lowest BCUT2D eigenvalue weighted by atomic mass is 10.1. The highest BCUT2D eigenvalue weighted by atomic mass is 32.2. The number of carbonyl (C=O) groups is 3. The number of rotatable bonds is 2. The molecule has 3 rings (SSSR count). The van der Waals surface area contributed by atoms with E-state index in [0.717, 1.165) is 16.8 Å². The van der Waals surface area contributed by atoms with Gasteiger partial charge in [0, 0.05) is 26.0 Å². The first-order valence-corrected chi connectivity index (χ1v) is 8.96. The van der Waals surface area contributed by atoms with E-state index in [1.165, 1.54) is 32.0 Å². The summed E-state index contributed by atoms with van der Waals surface area (Å²) in [5.41, 5.74) is 0.899. The molecule has 1 N–H and O–H groups in total. The smallest absolute Gasteiger partial charge is 0.270 e. The van der Waals surface area contributed by atoms with Crippen molar-refractivity contribution in [3.63, 3.8) is 0 Å². The van der Waals surface area contributed by atoms with Gasteiger partial charge in [0.1, 0.15) is 5.82 Å². The van der Waals surface area contributed by atoms with Crippen molar-refractivity contribution in [3.05, 3.63) is 29.6 Å². The Labute approximate surface area is 154 Å². The lowest BCUT2D eigenvalue weighted by Gasteiger charge is -2.29. The second-order valence-corrected chi connectivity index (χ2v) is 7.82. The van der Waals surface area contributed by atoms with Gasteiger partial charge in [-0.2, -0.15) is 5.01 Å². The first kappa shape index (κ1) is 18.4. The quantitative estimate of drug-likeness (QED) is 0.853. The number of hydrogen-bond acceptors (Lipinski definition) is 5. The van der Waals surface area contributed by atoms with E-state index in [1.807, 2.05) is 13.8 Å². The van der Waals surface area contributed by atoms with Gasteiger partial charge in [-0.25, -0.2) is 4.39 Å². The Bertz CT molecular complexity index is 841. The Morgan fingerprint density at radius 2 is 2.04 bits per heavy atom. The number of benzene rings is 1. The Balaban J connectivity index is 2.16. The standard InChI is InChI=1S/C17H19FN4O3S/c1-9(2)8-21-14-6-5-12(18)7-13(14)17(15(21)25)22(11(4)24)20-16(26-17)19-10(3)23/h5-7,9H,8H2,1-4H3,(H,19,20,23). The molecule has 2 aliphatic heterocycles. The van der Waals surface area contributed by atoms with E-state index >= 15 is 0 Å². The molecule has 3 amide bonds. The number of amidine groups is 1. The number of hydrazone groups is 1. The largest absolute Gasteiger partial charge is 0.309 e. The molecule has 1 spiro atoms. The summed E-state index contributed by atoms with van der Waals surface area (Å²) in [6.45, 7) is 6.93. The predicted octanol–water partition coefficient (Wildman–Crippen LogP) is 1.98. The summed E-state index contributed by atoms with van der Waals surface area (Å²) in [7, 11) is 0. The number of halogens is 1. The van der Waals surface area contributed by atoms with E-state index in [0.29, 0.717) is 17.8 Å². The molecule has 1 aromatic carbocycles. The minimum absolute atomic E-state index is 0.127. The van der Waals surface area contributed by atoms with Crippen molar-refractivity contribution in [2.75, 3.05) is 11.4 Å². The van der Waals surface area contributed by atoms with Gasteiger partial charge in [-0.3, -0.25) is 14.4 Å². The third-order valence-electron chi connectivity index (χ3n) is 4.01. The zero-order chi connectivity index (χ0) is 19.2. The monoisotopic (exact) mass is 378 g/mol. The molecule has 0 saturated carbocycles. The van der Waals surface area contributed by atoms with Gasteiger partial charge in [-0.05, 0) is 35.9 Å². The molecule has 0 aromatic heterocycles. The molecular weight excluding hydrogens is 359 g/mol. The number of anilines is 1. The first-order chi connectivity index (χ1) is 12.2. The van der Waals surface area contributed by atoms with Crippen LogP contribution in [0, 0.1) is 11.7 Å². The van der Waals surface area contributed by atoms with Crippen LogP contribution in [0.25, 0.3) is 0 Å². The SMILES string of the molecule is CC(=O)NC1=NN(C(C)=O)C2(S1)C(=O)N(CC(C)C)c1ccc(F)cc12. The van der Waals surface area contributed by atoms with Crippen molar-refractivity contribution in [1.29, 1.82) is 0 Å². The topological polar surface area (TPSA) is 82.1 Å². The highest BCUT2D eigenvalue weighted by Gasteiger charge is 2.61. The molecule has 9 heteroatoms. The highest BCUT2D eigenvalue weighted by Crippen LogP contribution is 2.54. The summed E-state index contributed by atoms with van der Waals surface area (Å²) in [6, 6.07) is 4.07. The molecule has 7 nitrogen and oxygen atoms in total. The van der Waals surface area contributed by atoms with E-state index in [-0.39, 0.29) is 22.9 Å². The Kier molecular flexibility index (Phi) is 4.51. The van der Waals surface area contributed by atoms with Gasteiger partial charge >= 0.3 is 0 Å². The summed E-state index contributed by atoms with van der Waals surface area (Å²) in [5, 5.41) is 7.79. The minimum atomic E-state index is -1.55. The van der Waals surface area contributed by atoms with Crippen molar-refractivity contribution in [2.24, 2.45) is 11.0 Å². The van der Waals surface area contributed by atoms with Crippen molar-refractivity contribution in [2.45, 2.75) is 32.6 Å². The number of thioether (sulfide) groups is 1. The minimum Gasteiger partial charge on any atom is -0.309 e. The van der Waals surface area contributed by atoms with Crippen molar-refractivity contribution < 1.29 is 18.8 Å². The van der Waals surface area contributed by atoms with Crippen LogP contribution in [-0.2, 0) is 19.3 Å². The molecular formula is C17H19FN4O3S. The molecule has 1 aromatic rings. The zero-order valence-electron chi connectivity index (χ0n) is 14.9. The van der Waals surface area contributed by atoms with E-state index in [1.54, 1.807) is 4.90 Å². The fourth-order valence-electron chi connectivity index (χ4n) is 3.13. The van der Waals surface area contributed by atoms with E-state index in [4.69, 9.17) is 0 Å². The third-order valence-corrected chi connectivity index (χ3v) is 5.25. The fraction of sp³-hybridized carbons (Fsp3) is 0.412. The molecule has 26 heavy (non-hydrogen) atoms. The normalized spacial score (nSPS) is 21.5. The van der Waals surface area contributed by atoms with Crippen LogP contribution < -0.4 is 10.2 Å². The third kappa shape index (κ3) is 2.76. The molecule has 1 unspecified atom stereocenters. The van der Waals surface area contributed by atoms with Crippen molar-refractivity contribution in [3.8, 4) is 0 Å². The van der Waals surface area contributed by atoms with Crippen LogP contribution in [0.15, 0.2) is 23.3 Å². The lowest BCUT2D eigenvalue weighted by Crippen LogP contribution is -2.49. The van der Waals surface area contributed by atoms with Crippen LogP contribution in [0.2, 0.25) is 0 Å². The number of nitrogens with zero attached hydrogens (tertiary/aromatic N) is 3. The van der Waals surface area contributed by atoms with E-state index < -0.39 is 16.6 Å².